The lowest BCUT2D eigenvalue weighted by Gasteiger charge is -2.36. The minimum atomic E-state index is -0.329. The lowest BCUT2D eigenvalue weighted by molar-refractivity contribution is -0.144. The molecule has 0 bridgehead atoms. The predicted molar refractivity (Wildman–Crippen MR) is 116 cm³/mol. The molecule has 0 aromatic heterocycles. The molecule has 1 atom stereocenters. The Kier molecular flexibility index (Phi) is 8.70. The van der Waals surface area contributed by atoms with Gasteiger partial charge in [0.05, 0.1) is 19.6 Å². The van der Waals surface area contributed by atoms with E-state index in [1.165, 1.54) is 18.2 Å². The Bertz CT molecular complexity index is 694. The zero-order valence-electron chi connectivity index (χ0n) is 18.5. The molecule has 2 aliphatic heterocycles. The third kappa shape index (κ3) is 6.81. The quantitative estimate of drug-likeness (QED) is 0.579. The van der Waals surface area contributed by atoms with Gasteiger partial charge in [0.25, 0.3) is 0 Å². The van der Waals surface area contributed by atoms with Crippen molar-refractivity contribution in [3.05, 3.63) is 35.4 Å². The zero-order chi connectivity index (χ0) is 21.3. The van der Waals surface area contributed by atoms with Crippen molar-refractivity contribution >= 4 is 11.9 Å². The molecule has 2 aliphatic rings. The standard InChI is InChI=1S/C24H36N2O4/c1-19-6-3-4-7-21(19)17-25-13-11-20(12-14-25)16-26(18-22-8-5-15-30-22)23(27)9-10-24(28)29-2/h3-4,6-7,20,22H,5,8-18H2,1-2H3. The molecule has 0 aliphatic carbocycles. The average molecular weight is 417 g/mol. The van der Waals surface area contributed by atoms with Gasteiger partial charge in [-0.05, 0) is 62.7 Å². The number of hydrogen-bond donors (Lipinski definition) is 0. The monoisotopic (exact) mass is 416 g/mol. The predicted octanol–water partition coefficient (Wildman–Crippen LogP) is 3.17. The number of rotatable bonds is 9. The summed E-state index contributed by atoms with van der Waals surface area (Å²) in [5, 5.41) is 0. The second-order valence-electron chi connectivity index (χ2n) is 8.66. The van der Waals surface area contributed by atoms with E-state index in [1.807, 2.05) is 4.90 Å². The second kappa shape index (κ2) is 11.5. The van der Waals surface area contributed by atoms with Gasteiger partial charge in [0, 0.05) is 32.7 Å². The summed E-state index contributed by atoms with van der Waals surface area (Å²) < 4.78 is 10.5. The van der Waals surface area contributed by atoms with Gasteiger partial charge >= 0.3 is 5.97 Å². The third-order valence-electron chi connectivity index (χ3n) is 6.41. The van der Waals surface area contributed by atoms with Crippen molar-refractivity contribution in [3.8, 4) is 0 Å². The Balaban J connectivity index is 1.50. The van der Waals surface area contributed by atoms with Gasteiger partial charge in [0.2, 0.25) is 5.91 Å². The number of nitrogens with zero attached hydrogens (tertiary/aromatic N) is 2. The molecule has 0 saturated carbocycles. The van der Waals surface area contributed by atoms with E-state index in [4.69, 9.17) is 9.47 Å². The molecule has 1 aromatic rings. The Labute approximate surface area is 180 Å². The van der Waals surface area contributed by atoms with Crippen LogP contribution in [0.4, 0.5) is 0 Å². The normalized spacial score (nSPS) is 20.3. The number of amides is 1. The molecule has 30 heavy (non-hydrogen) atoms. The van der Waals surface area contributed by atoms with E-state index in [9.17, 15) is 9.59 Å². The first kappa shape index (κ1) is 22.8. The number of benzene rings is 1. The summed E-state index contributed by atoms with van der Waals surface area (Å²) in [5.41, 5.74) is 2.74. The highest BCUT2D eigenvalue weighted by Gasteiger charge is 2.27. The van der Waals surface area contributed by atoms with Crippen molar-refractivity contribution in [2.24, 2.45) is 5.92 Å². The summed E-state index contributed by atoms with van der Waals surface area (Å²) in [7, 11) is 1.36. The molecule has 166 valence electrons. The summed E-state index contributed by atoms with van der Waals surface area (Å²) in [6, 6.07) is 8.58. The molecule has 2 heterocycles. The van der Waals surface area contributed by atoms with Gasteiger partial charge in [-0.3, -0.25) is 14.5 Å². The highest BCUT2D eigenvalue weighted by molar-refractivity contribution is 5.81. The fourth-order valence-electron chi connectivity index (χ4n) is 4.45. The van der Waals surface area contributed by atoms with Crippen LogP contribution in [0.3, 0.4) is 0 Å². The minimum absolute atomic E-state index is 0.0400. The van der Waals surface area contributed by atoms with Crippen molar-refractivity contribution in [3.63, 3.8) is 0 Å². The van der Waals surface area contributed by atoms with Crippen LogP contribution in [0.15, 0.2) is 24.3 Å². The van der Waals surface area contributed by atoms with Crippen LogP contribution in [0.5, 0.6) is 0 Å². The van der Waals surface area contributed by atoms with Gasteiger partial charge in [-0.2, -0.15) is 0 Å². The van der Waals surface area contributed by atoms with E-state index in [0.717, 1.165) is 58.5 Å². The smallest absolute Gasteiger partial charge is 0.306 e. The minimum Gasteiger partial charge on any atom is -0.469 e. The number of carbonyl (C=O) groups excluding carboxylic acids is 2. The maximum Gasteiger partial charge on any atom is 0.306 e. The number of ether oxygens (including phenoxy) is 2. The first-order valence-electron chi connectivity index (χ1n) is 11.3. The molecule has 1 unspecified atom stereocenters. The molecule has 0 radical (unpaired) electrons. The first-order valence-corrected chi connectivity index (χ1v) is 11.3. The Morgan fingerprint density at radius 3 is 2.57 bits per heavy atom. The van der Waals surface area contributed by atoms with Crippen LogP contribution in [0, 0.1) is 12.8 Å². The van der Waals surface area contributed by atoms with Crippen molar-refractivity contribution in [1.82, 2.24) is 9.80 Å². The average Bonchev–Trinajstić information content (AvgIpc) is 3.27. The van der Waals surface area contributed by atoms with Gasteiger partial charge in [-0.1, -0.05) is 24.3 Å². The Morgan fingerprint density at radius 1 is 1.13 bits per heavy atom. The van der Waals surface area contributed by atoms with Crippen molar-refractivity contribution in [2.45, 2.75) is 58.1 Å². The lowest BCUT2D eigenvalue weighted by Crippen LogP contribution is -2.43. The first-order chi connectivity index (χ1) is 14.5. The van der Waals surface area contributed by atoms with Gasteiger partial charge in [-0.15, -0.1) is 0 Å². The van der Waals surface area contributed by atoms with E-state index in [-0.39, 0.29) is 30.8 Å². The highest BCUT2D eigenvalue weighted by atomic mass is 16.5. The summed E-state index contributed by atoms with van der Waals surface area (Å²) in [6.07, 6.45) is 4.75. The molecule has 2 saturated heterocycles. The van der Waals surface area contributed by atoms with E-state index in [1.54, 1.807) is 0 Å². The van der Waals surface area contributed by atoms with Gasteiger partial charge < -0.3 is 14.4 Å². The summed E-state index contributed by atoms with van der Waals surface area (Å²) in [5.74, 6) is 0.213. The number of carbonyl (C=O) groups is 2. The number of aryl methyl sites for hydroxylation is 1. The summed E-state index contributed by atoms with van der Waals surface area (Å²) in [4.78, 5) is 28.7. The van der Waals surface area contributed by atoms with Crippen molar-refractivity contribution < 1.29 is 19.1 Å². The lowest BCUT2D eigenvalue weighted by atomic mass is 9.95. The number of esters is 1. The number of methoxy groups -OCH3 is 1. The van der Waals surface area contributed by atoms with Crippen LogP contribution in [0.1, 0.15) is 49.7 Å². The zero-order valence-corrected chi connectivity index (χ0v) is 18.5. The van der Waals surface area contributed by atoms with Crippen LogP contribution < -0.4 is 0 Å². The van der Waals surface area contributed by atoms with E-state index in [2.05, 4.69) is 36.1 Å². The van der Waals surface area contributed by atoms with Crippen LogP contribution in [0.25, 0.3) is 0 Å². The molecular formula is C24H36N2O4. The fourth-order valence-corrected chi connectivity index (χ4v) is 4.45. The molecule has 6 heteroatoms. The number of hydrogen-bond acceptors (Lipinski definition) is 5. The van der Waals surface area contributed by atoms with Crippen molar-refractivity contribution in [2.75, 3.05) is 39.9 Å². The summed E-state index contributed by atoms with van der Waals surface area (Å²) >= 11 is 0. The third-order valence-corrected chi connectivity index (χ3v) is 6.41. The molecular weight excluding hydrogens is 380 g/mol. The molecule has 6 nitrogen and oxygen atoms in total. The molecule has 1 aromatic carbocycles. The Morgan fingerprint density at radius 2 is 1.90 bits per heavy atom. The van der Waals surface area contributed by atoms with E-state index >= 15 is 0 Å². The van der Waals surface area contributed by atoms with Gasteiger partial charge in [-0.25, -0.2) is 0 Å². The molecule has 2 fully saturated rings. The van der Waals surface area contributed by atoms with Gasteiger partial charge in [0.15, 0.2) is 0 Å². The molecule has 0 N–H and O–H groups in total. The van der Waals surface area contributed by atoms with Crippen LogP contribution in [-0.4, -0.2) is 67.7 Å². The largest absolute Gasteiger partial charge is 0.469 e. The summed E-state index contributed by atoms with van der Waals surface area (Å²) in [6.45, 7) is 7.47. The van der Waals surface area contributed by atoms with Crippen LogP contribution in [0.2, 0.25) is 0 Å². The van der Waals surface area contributed by atoms with E-state index < -0.39 is 0 Å². The topological polar surface area (TPSA) is 59.1 Å². The fraction of sp³-hybridized carbons (Fsp3) is 0.667. The maximum atomic E-state index is 12.8. The van der Waals surface area contributed by atoms with Gasteiger partial charge in [0.1, 0.15) is 0 Å². The van der Waals surface area contributed by atoms with Crippen LogP contribution >= 0.6 is 0 Å². The number of piperidine rings is 1. The molecule has 0 spiro atoms. The molecule has 1 amide bonds. The highest BCUT2D eigenvalue weighted by Crippen LogP contribution is 2.23. The Hall–Kier alpha value is -1.92. The SMILES string of the molecule is COC(=O)CCC(=O)N(CC1CCN(Cc2ccccc2C)CC1)CC1CCCO1. The number of likely N-dealkylation sites (tertiary alicyclic amines) is 1. The van der Waals surface area contributed by atoms with Crippen LogP contribution in [-0.2, 0) is 25.6 Å². The second-order valence-corrected chi connectivity index (χ2v) is 8.66. The van der Waals surface area contributed by atoms with E-state index in [0.29, 0.717) is 12.5 Å². The molecule has 3 rings (SSSR count). The maximum absolute atomic E-state index is 12.8. The van der Waals surface area contributed by atoms with Crippen molar-refractivity contribution in [1.29, 1.82) is 0 Å².